The Morgan fingerprint density at radius 1 is 0.483 bits per heavy atom. The van der Waals surface area contributed by atoms with Crippen LogP contribution in [0.25, 0.3) is 0 Å². The van der Waals surface area contributed by atoms with Gasteiger partial charge in [-0.15, -0.1) is 0 Å². The van der Waals surface area contributed by atoms with Crippen molar-refractivity contribution in [3.63, 3.8) is 0 Å². The Bertz CT molecular complexity index is 2650. The Morgan fingerprint density at radius 3 is 1.42 bits per heavy atom. The summed E-state index contributed by atoms with van der Waals surface area (Å²) < 4.78 is 0. The van der Waals surface area contributed by atoms with Crippen molar-refractivity contribution in [1.82, 2.24) is 0 Å². The van der Waals surface area contributed by atoms with Crippen LogP contribution in [0.1, 0.15) is 109 Å². The van der Waals surface area contributed by atoms with Gasteiger partial charge in [-0.05, 0) is 134 Å². The Labute approximate surface area is 360 Å². The van der Waals surface area contributed by atoms with Crippen molar-refractivity contribution in [3.05, 3.63) is 185 Å². The minimum atomic E-state index is -0.126. The number of hydrogen-bond acceptors (Lipinski definition) is 2. The maximum Gasteiger partial charge on any atom is 0.252 e. The summed E-state index contributed by atoms with van der Waals surface area (Å²) in [7, 11) is 0. The largest absolute Gasteiger partial charge is 0.311 e. The second-order valence-corrected chi connectivity index (χ2v) is 20.8. The van der Waals surface area contributed by atoms with Crippen LogP contribution in [0.2, 0.25) is 0 Å². The molecule has 6 aromatic carbocycles. The second kappa shape index (κ2) is 14.3. The van der Waals surface area contributed by atoms with E-state index < -0.39 is 0 Å². The minimum Gasteiger partial charge on any atom is -0.311 e. The number of nitrogens with zero attached hydrogens (tertiary/aromatic N) is 2. The molecule has 60 heavy (non-hydrogen) atoms. The molecule has 3 heteroatoms. The molecule has 0 radical (unpaired) electrons. The third kappa shape index (κ3) is 6.66. The van der Waals surface area contributed by atoms with Gasteiger partial charge in [-0.25, -0.2) is 0 Å². The fourth-order valence-corrected chi connectivity index (χ4v) is 10.1. The summed E-state index contributed by atoms with van der Waals surface area (Å²) >= 11 is 0. The van der Waals surface area contributed by atoms with Crippen LogP contribution in [0.4, 0.5) is 34.1 Å². The normalized spacial score (nSPS) is 16.1. The average Bonchev–Trinajstić information content (AvgIpc) is 3.23. The second-order valence-electron chi connectivity index (χ2n) is 20.8. The zero-order valence-corrected chi connectivity index (χ0v) is 37.7. The van der Waals surface area contributed by atoms with Crippen LogP contribution in [0.15, 0.2) is 152 Å². The lowest BCUT2D eigenvalue weighted by Gasteiger charge is -2.45. The van der Waals surface area contributed by atoms with Crippen molar-refractivity contribution >= 4 is 57.2 Å². The fraction of sp³-hybridized carbons (Fsp3) is 0.298. The first-order chi connectivity index (χ1) is 28.4. The quantitative estimate of drug-likeness (QED) is 0.155. The zero-order valence-electron chi connectivity index (χ0n) is 37.7. The first kappa shape index (κ1) is 39.9. The van der Waals surface area contributed by atoms with E-state index in [0.717, 1.165) is 6.42 Å². The van der Waals surface area contributed by atoms with E-state index in [9.17, 15) is 0 Å². The van der Waals surface area contributed by atoms with Crippen molar-refractivity contribution < 1.29 is 0 Å². The van der Waals surface area contributed by atoms with Crippen molar-refractivity contribution in [2.45, 2.75) is 104 Å². The number of benzene rings is 6. The van der Waals surface area contributed by atoms with Crippen LogP contribution in [-0.4, -0.2) is 6.71 Å². The van der Waals surface area contributed by atoms with Gasteiger partial charge in [0.25, 0.3) is 6.71 Å². The highest BCUT2D eigenvalue weighted by molar-refractivity contribution is 7.00. The van der Waals surface area contributed by atoms with E-state index in [4.69, 9.17) is 0 Å². The molecule has 0 N–H and O–H groups in total. The van der Waals surface area contributed by atoms with E-state index in [2.05, 4.69) is 238 Å². The highest BCUT2D eigenvalue weighted by Crippen LogP contribution is 2.47. The molecular weight excluding hydrogens is 723 g/mol. The Morgan fingerprint density at radius 2 is 0.950 bits per heavy atom. The molecule has 1 aliphatic carbocycles. The fourth-order valence-electron chi connectivity index (χ4n) is 10.1. The maximum atomic E-state index is 2.56. The van der Waals surface area contributed by atoms with Crippen LogP contribution in [0.3, 0.4) is 0 Å². The molecule has 0 saturated heterocycles. The molecule has 0 bridgehead atoms. The summed E-state index contributed by atoms with van der Waals surface area (Å²) in [6.45, 7) is 25.8. The molecule has 302 valence electrons. The lowest BCUT2D eigenvalue weighted by Crippen LogP contribution is -2.61. The molecular formula is C57H61BN2. The predicted molar refractivity (Wildman–Crippen MR) is 261 cm³/mol. The topological polar surface area (TPSA) is 6.48 Å². The lowest BCUT2D eigenvalue weighted by molar-refractivity contribution is 0.382. The molecule has 0 aromatic heterocycles. The first-order valence-electron chi connectivity index (χ1n) is 22.1. The Hall–Kier alpha value is -5.54. The lowest BCUT2D eigenvalue weighted by atomic mass is 9.33. The van der Waals surface area contributed by atoms with Gasteiger partial charge in [0, 0.05) is 39.5 Å². The Kier molecular flexibility index (Phi) is 9.51. The van der Waals surface area contributed by atoms with E-state index in [-0.39, 0.29) is 28.4 Å². The first-order valence-corrected chi connectivity index (χ1v) is 22.1. The number of hydrogen-bond donors (Lipinski definition) is 0. The van der Waals surface area contributed by atoms with Crippen LogP contribution < -0.4 is 26.2 Å². The molecule has 2 nitrogen and oxygen atoms in total. The summed E-state index contributed by atoms with van der Waals surface area (Å²) in [5, 5.41) is 0. The van der Waals surface area contributed by atoms with Gasteiger partial charge >= 0.3 is 0 Å². The van der Waals surface area contributed by atoms with Gasteiger partial charge in [0.05, 0.1) is 0 Å². The van der Waals surface area contributed by atoms with Crippen LogP contribution in [0.5, 0.6) is 0 Å². The van der Waals surface area contributed by atoms with Gasteiger partial charge in [-0.3, -0.25) is 0 Å². The molecule has 2 heterocycles. The summed E-state index contributed by atoms with van der Waals surface area (Å²) in [6.07, 6.45) is 10.1. The maximum absolute atomic E-state index is 2.56. The third-order valence-electron chi connectivity index (χ3n) is 14.1. The number of anilines is 6. The molecule has 2 aliphatic heterocycles. The minimum absolute atomic E-state index is 0.00170. The molecule has 1 atom stereocenters. The van der Waals surface area contributed by atoms with E-state index >= 15 is 0 Å². The van der Waals surface area contributed by atoms with Crippen molar-refractivity contribution in [3.8, 4) is 0 Å². The van der Waals surface area contributed by atoms with Crippen molar-refractivity contribution in [2.24, 2.45) is 5.92 Å². The number of rotatable bonds is 6. The van der Waals surface area contributed by atoms with Crippen molar-refractivity contribution in [1.29, 1.82) is 0 Å². The molecule has 0 fully saturated rings. The summed E-state index contributed by atoms with van der Waals surface area (Å²) in [6, 6.07) is 49.3. The van der Waals surface area contributed by atoms with Crippen LogP contribution in [0, 0.1) is 12.8 Å². The van der Waals surface area contributed by atoms with Gasteiger partial charge in [-0.2, -0.15) is 0 Å². The highest BCUT2D eigenvalue weighted by Gasteiger charge is 2.44. The number of aryl methyl sites for hydroxylation is 1. The van der Waals surface area contributed by atoms with Gasteiger partial charge < -0.3 is 9.80 Å². The molecule has 0 amide bonds. The molecule has 9 rings (SSSR count). The summed E-state index contributed by atoms with van der Waals surface area (Å²) in [4.78, 5) is 5.12. The summed E-state index contributed by atoms with van der Waals surface area (Å²) in [5.74, 6) is 0.465. The SMILES string of the molecule is Cc1cc2c3c(c1)N(c1ccc(C(C)(C)C4C=CC=CC4)cc1)c1ccc(C(C)(C)C)cc1B3c1cc(C(C)(C)C)ccc1N2c1ccc(C(C)(C)c2ccccc2)cc1. The third-order valence-corrected chi connectivity index (χ3v) is 14.1. The van der Waals surface area contributed by atoms with Crippen molar-refractivity contribution in [2.75, 3.05) is 9.80 Å². The van der Waals surface area contributed by atoms with Gasteiger partial charge in [0.1, 0.15) is 0 Å². The summed E-state index contributed by atoms with van der Waals surface area (Å²) in [5.41, 5.74) is 19.4. The molecule has 1 unspecified atom stereocenters. The molecule has 6 aromatic rings. The smallest absolute Gasteiger partial charge is 0.252 e. The molecule has 0 saturated carbocycles. The van der Waals surface area contributed by atoms with E-state index in [1.165, 1.54) is 83.9 Å². The zero-order chi connectivity index (χ0) is 42.4. The average molecular weight is 785 g/mol. The number of fused-ring (bicyclic) bond motifs is 4. The van der Waals surface area contributed by atoms with E-state index in [1.807, 2.05) is 0 Å². The predicted octanol–water partition coefficient (Wildman–Crippen LogP) is 13.4. The van der Waals surface area contributed by atoms with Crippen LogP contribution >= 0.6 is 0 Å². The standard InChI is InChI=1S/C57H61BN2/c1-38-34-51-53-52(35-38)60(46-30-24-42(25-31-46)57(10,11)40-20-16-13-17-21-40)50-33-27-44(55(5,6)7)37-48(50)58(53)47-36-43(54(2,3)4)26-32-49(47)59(51)45-28-22-41(23-29-45)56(8,9)39-18-14-12-15-19-39/h12-20,22-37,40H,21H2,1-11H3. The number of allylic oxidation sites excluding steroid dienone is 4. The van der Waals surface area contributed by atoms with Gasteiger partial charge in [-0.1, -0.05) is 172 Å². The van der Waals surface area contributed by atoms with Crippen LogP contribution in [-0.2, 0) is 21.7 Å². The molecule has 3 aliphatic rings. The Balaban J connectivity index is 1.26. The van der Waals surface area contributed by atoms with E-state index in [1.54, 1.807) is 0 Å². The monoisotopic (exact) mass is 784 g/mol. The van der Waals surface area contributed by atoms with Gasteiger partial charge in [0.2, 0.25) is 0 Å². The molecule has 0 spiro atoms. The highest BCUT2D eigenvalue weighted by atomic mass is 15.2. The van der Waals surface area contributed by atoms with Gasteiger partial charge in [0.15, 0.2) is 0 Å². The van der Waals surface area contributed by atoms with E-state index in [0.29, 0.717) is 5.92 Å².